The zero-order valence-corrected chi connectivity index (χ0v) is 44.8. The van der Waals surface area contributed by atoms with E-state index in [9.17, 15) is 70.2 Å². The van der Waals surface area contributed by atoms with Crippen LogP contribution in [0.2, 0.25) is 0 Å². The first-order valence-electron chi connectivity index (χ1n) is 26.9. The van der Waals surface area contributed by atoms with Gasteiger partial charge in [0, 0.05) is 49.3 Å². The van der Waals surface area contributed by atoms with E-state index in [1.54, 1.807) is 97.2 Å². The van der Waals surface area contributed by atoms with Gasteiger partial charge in [-0.25, -0.2) is 0 Å². The molecule has 1 aromatic rings. The Balaban J connectivity index is 1.52. The fourth-order valence-electron chi connectivity index (χ4n) is 9.84. The summed E-state index contributed by atoms with van der Waals surface area (Å²) >= 11 is 0. The number of cyclic esters (lactones) is 1. The van der Waals surface area contributed by atoms with Gasteiger partial charge in [-0.15, -0.1) is 0 Å². The molecule has 2 fully saturated rings. The number of hydrogen-bond donors (Lipinski definition) is 12. The van der Waals surface area contributed by atoms with Crippen LogP contribution >= 0.6 is 0 Å². The average molecular weight is 1100 g/mol. The molecule has 0 spiro atoms. The van der Waals surface area contributed by atoms with Crippen molar-refractivity contribution in [3.63, 3.8) is 0 Å². The first-order valence-corrected chi connectivity index (χ1v) is 26.9. The SMILES string of the molecule is CC1/C=C/C=C/C=C/C=C/C=C/C=C/C=C/C(O[C@@H]2O[C@H](C)[C@@H](O)[C@H](N)[C@H]2O)CC2OC(O)(CC(O)CC(O)CCCC(O)CC(O)CC(=O)CC(=O)OC1C(C)CCC(O)CC(=O)c1ccc(N)cc1)CC(O)C2C(=O)O. The van der Waals surface area contributed by atoms with Gasteiger partial charge in [-0.3, -0.25) is 19.2 Å². The highest BCUT2D eigenvalue weighted by atomic mass is 16.7. The molecular weight excluding hydrogens is 1010 g/mol. The summed E-state index contributed by atoms with van der Waals surface area (Å²) in [4.78, 5) is 51.6. The second kappa shape index (κ2) is 32.9. The maximum atomic E-state index is 13.3. The second-order valence-electron chi connectivity index (χ2n) is 21.0. The number of rotatable bonds is 10. The molecule has 2 saturated heterocycles. The number of esters is 1. The smallest absolute Gasteiger partial charge is 0.313 e. The molecule has 14 N–H and O–H groups in total. The number of aliphatic hydroxyl groups excluding tert-OH is 8. The molecule has 4 rings (SSSR count). The summed E-state index contributed by atoms with van der Waals surface area (Å²) in [6.07, 6.45) is 6.31. The molecule has 0 amide bonds. The van der Waals surface area contributed by atoms with Gasteiger partial charge < -0.3 is 81.5 Å². The first-order chi connectivity index (χ1) is 36.9. The van der Waals surface area contributed by atoms with Crippen molar-refractivity contribution in [3.05, 3.63) is 115 Å². The van der Waals surface area contributed by atoms with Crippen molar-refractivity contribution < 1.29 is 89.2 Å². The molecule has 78 heavy (non-hydrogen) atoms. The van der Waals surface area contributed by atoms with Gasteiger partial charge in [-0.1, -0.05) is 98.9 Å². The van der Waals surface area contributed by atoms with Crippen LogP contribution in [0.3, 0.4) is 0 Å². The second-order valence-corrected chi connectivity index (χ2v) is 21.0. The van der Waals surface area contributed by atoms with E-state index in [1.165, 1.54) is 13.0 Å². The van der Waals surface area contributed by atoms with Crippen LogP contribution in [0, 0.1) is 17.8 Å². The number of nitrogens with two attached hydrogens (primary N) is 2. The Morgan fingerprint density at radius 1 is 0.756 bits per heavy atom. The molecule has 434 valence electrons. The molecule has 1 aromatic carbocycles. The van der Waals surface area contributed by atoms with Crippen molar-refractivity contribution >= 4 is 29.2 Å². The number of carboxylic acids is 1. The summed E-state index contributed by atoms with van der Waals surface area (Å²) in [5.41, 5.74) is 12.7. The molecule has 3 aliphatic heterocycles. The van der Waals surface area contributed by atoms with Crippen LogP contribution in [-0.2, 0) is 33.3 Å². The third kappa shape index (κ3) is 22.6. The molecule has 20 nitrogen and oxygen atoms in total. The Hall–Kier alpha value is -5.04. The molecule has 3 aliphatic rings. The van der Waals surface area contributed by atoms with Crippen LogP contribution in [0.4, 0.5) is 5.69 Å². The number of fused-ring (bicyclic) bond motifs is 2. The molecule has 0 radical (unpaired) electrons. The van der Waals surface area contributed by atoms with Gasteiger partial charge in [-0.2, -0.15) is 0 Å². The lowest BCUT2D eigenvalue weighted by Crippen LogP contribution is -2.61. The third-order valence-electron chi connectivity index (χ3n) is 14.1. The van der Waals surface area contributed by atoms with Crippen molar-refractivity contribution in [2.24, 2.45) is 23.5 Å². The number of carboxylic acid groups (broad SMARTS) is 1. The average Bonchev–Trinajstić information content (AvgIpc) is 3.41. The van der Waals surface area contributed by atoms with E-state index in [1.807, 2.05) is 19.9 Å². The van der Waals surface area contributed by atoms with Gasteiger partial charge in [-0.05, 0) is 82.1 Å². The summed E-state index contributed by atoms with van der Waals surface area (Å²) in [5, 5.41) is 108. The van der Waals surface area contributed by atoms with E-state index in [2.05, 4.69) is 0 Å². The number of allylic oxidation sites excluding steroid dienone is 12. The highest BCUT2D eigenvalue weighted by Gasteiger charge is 2.51. The number of ketones is 2. The van der Waals surface area contributed by atoms with Crippen LogP contribution in [0.25, 0.3) is 0 Å². The van der Waals surface area contributed by atoms with Crippen molar-refractivity contribution in [2.45, 2.75) is 196 Å². The fourth-order valence-corrected chi connectivity index (χ4v) is 9.84. The van der Waals surface area contributed by atoms with Crippen LogP contribution in [0.5, 0.6) is 0 Å². The van der Waals surface area contributed by atoms with Gasteiger partial charge in [0.05, 0.1) is 67.1 Å². The van der Waals surface area contributed by atoms with E-state index in [0.29, 0.717) is 17.7 Å². The van der Waals surface area contributed by atoms with Crippen LogP contribution in [0.1, 0.15) is 115 Å². The summed E-state index contributed by atoms with van der Waals surface area (Å²) < 4.78 is 23.7. The number of anilines is 1. The number of aliphatic hydroxyl groups is 9. The van der Waals surface area contributed by atoms with Gasteiger partial charge in [0.2, 0.25) is 0 Å². The topological polar surface area (TPSA) is 360 Å². The van der Waals surface area contributed by atoms with Gasteiger partial charge >= 0.3 is 11.9 Å². The van der Waals surface area contributed by atoms with Crippen molar-refractivity contribution in [1.82, 2.24) is 0 Å². The van der Waals surface area contributed by atoms with Gasteiger partial charge in [0.1, 0.15) is 30.3 Å². The number of carbonyl (C=O) groups is 4. The molecule has 13 unspecified atom stereocenters. The number of carbonyl (C=O) groups excluding carboxylic acids is 3. The number of ether oxygens (including phenoxy) is 4. The zero-order valence-electron chi connectivity index (χ0n) is 44.8. The third-order valence-corrected chi connectivity index (χ3v) is 14.1. The number of aliphatic carboxylic acids is 1. The maximum absolute atomic E-state index is 13.3. The fraction of sp³-hybridized carbons (Fsp3) is 0.586. The molecule has 18 atom stereocenters. The number of hydrogen-bond acceptors (Lipinski definition) is 19. The van der Waals surface area contributed by atoms with E-state index >= 15 is 0 Å². The standard InChI is InChI=1S/C58H84N2O18/c1-35-17-14-12-10-8-6-4-5-7-9-11-13-15-20-46(76-57-54(71)52(60)53(70)37(3)75-57)32-49-51(56(72)73)48(68)34-58(74,78-49)33-45(66)28-41(62)19-16-18-40(61)27-43(64)29-44(65)31-50(69)77-55(35)36(2)21-26-42(63)30-47(67)38-22-24-39(59)25-23-38/h4-15,17,20,22-25,35-37,40-43,45-46,48-49,51-55,57,61-64,66,68,70-71,74H,16,18-19,21,26-34,59-60H2,1-3H3,(H,72,73)/b5-4+,8-6+,9-7+,12-10+,13-11+,17-14+,20-15+/t35?,36?,37-,40?,41?,42?,43?,45?,46?,48?,49?,51?,52+,53-,54-,55?,57+,58?/m1/s1. The Labute approximate surface area is 456 Å². The van der Waals surface area contributed by atoms with Crippen molar-refractivity contribution in [3.8, 4) is 0 Å². The molecule has 0 aromatic heterocycles. The van der Waals surface area contributed by atoms with Gasteiger partial charge in [0.25, 0.3) is 0 Å². The summed E-state index contributed by atoms with van der Waals surface area (Å²) in [7, 11) is 0. The number of Topliss-reactive ketones (excluding diaryl/α,β-unsaturated/α-hetero) is 2. The minimum Gasteiger partial charge on any atom is -0.481 e. The predicted octanol–water partition coefficient (Wildman–Crippen LogP) is 3.32. The molecular formula is C58H84N2O18. The number of nitrogen functional groups attached to an aromatic ring is 1. The predicted molar refractivity (Wildman–Crippen MR) is 289 cm³/mol. The maximum Gasteiger partial charge on any atom is 0.313 e. The van der Waals surface area contributed by atoms with Crippen LogP contribution in [0.15, 0.2) is 109 Å². The lowest BCUT2D eigenvalue weighted by Gasteiger charge is -2.45. The monoisotopic (exact) mass is 1100 g/mol. The van der Waals surface area contributed by atoms with E-state index in [-0.39, 0.29) is 69.0 Å². The Bertz CT molecular complexity index is 2250. The normalized spacial score (nSPS) is 37.8. The lowest BCUT2D eigenvalue weighted by atomic mass is 9.82. The Morgan fingerprint density at radius 3 is 1.91 bits per heavy atom. The van der Waals surface area contributed by atoms with Crippen LogP contribution in [-0.4, -0.2) is 166 Å². The number of benzene rings is 1. The summed E-state index contributed by atoms with van der Waals surface area (Å²) in [5.74, 6) is -7.63. The highest BCUT2D eigenvalue weighted by Crippen LogP contribution is 2.38. The Morgan fingerprint density at radius 2 is 1.32 bits per heavy atom. The highest BCUT2D eigenvalue weighted by molar-refractivity contribution is 5.96. The van der Waals surface area contributed by atoms with Crippen molar-refractivity contribution in [1.29, 1.82) is 0 Å². The van der Waals surface area contributed by atoms with E-state index in [4.69, 9.17) is 30.4 Å². The molecule has 0 aliphatic carbocycles. The largest absolute Gasteiger partial charge is 0.481 e. The van der Waals surface area contributed by atoms with Crippen molar-refractivity contribution in [2.75, 3.05) is 5.73 Å². The molecule has 3 heterocycles. The van der Waals surface area contributed by atoms with Crippen LogP contribution < -0.4 is 11.5 Å². The summed E-state index contributed by atoms with van der Waals surface area (Å²) in [6, 6.07) is 5.26. The van der Waals surface area contributed by atoms with Gasteiger partial charge in [0.15, 0.2) is 17.9 Å². The zero-order chi connectivity index (χ0) is 57.5. The Kier molecular flexibility index (Phi) is 27.6. The van der Waals surface area contributed by atoms with E-state index < -0.39 is 141 Å². The molecule has 20 heteroatoms. The summed E-state index contributed by atoms with van der Waals surface area (Å²) in [6.45, 7) is 5.23. The minimum absolute atomic E-state index is 0.0720. The van der Waals surface area contributed by atoms with E-state index in [0.717, 1.165) is 0 Å². The quantitative estimate of drug-likeness (QED) is 0.0692. The lowest BCUT2D eigenvalue weighted by molar-refractivity contribution is -0.308. The first kappa shape index (κ1) is 65.5. The minimum atomic E-state index is -2.27. The molecule has 0 saturated carbocycles. The molecule has 2 bridgehead atoms.